The van der Waals surface area contributed by atoms with E-state index in [9.17, 15) is 9.59 Å². The number of ether oxygens (including phenoxy) is 1. The van der Waals surface area contributed by atoms with Gasteiger partial charge >= 0.3 is 5.97 Å². The molecule has 1 amide bonds. The summed E-state index contributed by atoms with van der Waals surface area (Å²) in [4.78, 5) is 25.7. The van der Waals surface area contributed by atoms with E-state index in [1.165, 1.54) is 0 Å². The van der Waals surface area contributed by atoms with Crippen LogP contribution in [0.15, 0.2) is 54.6 Å². The molecule has 0 spiro atoms. The van der Waals surface area contributed by atoms with Crippen molar-refractivity contribution in [2.24, 2.45) is 0 Å². The highest BCUT2D eigenvalue weighted by Crippen LogP contribution is 2.16. The van der Waals surface area contributed by atoms with Gasteiger partial charge in [0.15, 0.2) is 0 Å². The highest BCUT2D eigenvalue weighted by atomic mass is 16.5. The van der Waals surface area contributed by atoms with Gasteiger partial charge in [0.1, 0.15) is 5.75 Å². The number of carbonyl (C=O) groups is 2. The van der Waals surface area contributed by atoms with Crippen molar-refractivity contribution in [1.29, 1.82) is 0 Å². The summed E-state index contributed by atoms with van der Waals surface area (Å²) in [5, 5.41) is 0. The SMILES string of the molecule is O=C(Oc1ccccc1)c1cccc(CN2CCCC2=O)c1. The zero-order valence-electron chi connectivity index (χ0n) is 12.2. The summed E-state index contributed by atoms with van der Waals surface area (Å²) in [7, 11) is 0. The van der Waals surface area contributed by atoms with Crippen LogP contribution in [0, 0.1) is 0 Å². The summed E-state index contributed by atoms with van der Waals surface area (Å²) >= 11 is 0. The minimum atomic E-state index is -0.388. The van der Waals surface area contributed by atoms with Crippen LogP contribution in [0.5, 0.6) is 5.75 Å². The molecule has 1 aliphatic rings. The Morgan fingerprint density at radius 3 is 2.64 bits per heavy atom. The van der Waals surface area contributed by atoms with Gasteiger partial charge in [-0.05, 0) is 36.2 Å². The Morgan fingerprint density at radius 2 is 1.91 bits per heavy atom. The van der Waals surface area contributed by atoms with Gasteiger partial charge in [0.2, 0.25) is 5.91 Å². The second kappa shape index (κ2) is 6.43. The number of hydrogen-bond donors (Lipinski definition) is 0. The summed E-state index contributed by atoms with van der Waals surface area (Å²) in [6.45, 7) is 1.34. The van der Waals surface area contributed by atoms with Crippen molar-refractivity contribution in [3.8, 4) is 5.75 Å². The van der Waals surface area contributed by atoms with Crippen LogP contribution >= 0.6 is 0 Å². The van der Waals surface area contributed by atoms with E-state index in [0.29, 0.717) is 24.3 Å². The first-order valence-electron chi connectivity index (χ1n) is 7.36. The second-order valence-electron chi connectivity index (χ2n) is 5.32. The van der Waals surface area contributed by atoms with Crippen LogP contribution in [-0.2, 0) is 11.3 Å². The molecule has 2 aromatic carbocycles. The maximum atomic E-state index is 12.2. The van der Waals surface area contributed by atoms with Gasteiger partial charge in [-0.15, -0.1) is 0 Å². The number of likely N-dealkylation sites (tertiary alicyclic amines) is 1. The third-order valence-corrected chi connectivity index (χ3v) is 3.66. The monoisotopic (exact) mass is 295 g/mol. The molecule has 1 fully saturated rings. The Labute approximate surface area is 129 Å². The molecule has 4 nitrogen and oxygen atoms in total. The molecule has 1 heterocycles. The molecule has 1 saturated heterocycles. The number of para-hydroxylation sites is 1. The van der Waals surface area contributed by atoms with Crippen molar-refractivity contribution in [3.63, 3.8) is 0 Å². The van der Waals surface area contributed by atoms with Crippen molar-refractivity contribution in [1.82, 2.24) is 4.90 Å². The lowest BCUT2D eigenvalue weighted by molar-refractivity contribution is -0.128. The van der Waals surface area contributed by atoms with Crippen molar-refractivity contribution in [2.45, 2.75) is 19.4 Å². The standard InChI is InChI=1S/C18H17NO3/c20-17-10-5-11-19(17)13-14-6-4-7-15(12-14)18(21)22-16-8-2-1-3-9-16/h1-4,6-9,12H,5,10-11,13H2. The zero-order valence-corrected chi connectivity index (χ0v) is 12.2. The molecule has 2 aromatic rings. The van der Waals surface area contributed by atoms with Gasteiger partial charge in [-0.25, -0.2) is 4.79 Å². The second-order valence-corrected chi connectivity index (χ2v) is 5.32. The van der Waals surface area contributed by atoms with Gasteiger partial charge in [-0.1, -0.05) is 30.3 Å². The molecule has 1 aliphatic heterocycles. The quantitative estimate of drug-likeness (QED) is 0.643. The summed E-state index contributed by atoms with van der Waals surface area (Å²) in [5.41, 5.74) is 1.44. The minimum absolute atomic E-state index is 0.178. The molecule has 0 aliphatic carbocycles. The molecular formula is C18H17NO3. The molecule has 22 heavy (non-hydrogen) atoms. The number of rotatable bonds is 4. The lowest BCUT2D eigenvalue weighted by Gasteiger charge is -2.15. The van der Waals surface area contributed by atoms with Gasteiger partial charge < -0.3 is 9.64 Å². The number of carbonyl (C=O) groups excluding carboxylic acids is 2. The van der Waals surface area contributed by atoms with E-state index in [1.807, 2.05) is 35.2 Å². The largest absolute Gasteiger partial charge is 0.423 e. The number of esters is 1. The highest BCUT2D eigenvalue weighted by molar-refractivity contribution is 5.91. The lowest BCUT2D eigenvalue weighted by atomic mass is 10.1. The number of benzene rings is 2. The van der Waals surface area contributed by atoms with E-state index in [0.717, 1.165) is 18.5 Å². The molecule has 3 rings (SSSR count). The van der Waals surface area contributed by atoms with Crippen LogP contribution < -0.4 is 4.74 Å². The van der Waals surface area contributed by atoms with Crippen LogP contribution in [0.1, 0.15) is 28.8 Å². The summed E-state index contributed by atoms with van der Waals surface area (Å²) in [5.74, 6) is 0.311. The number of amides is 1. The molecule has 0 radical (unpaired) electrons. The van der Waals surface area contributed by atoms with Crippen molar-refractivity contribution in [3.05, 3.63) is 65.7 Å². The number of hydrogen-bond acceptors (Lipinski definition) is 3. The van der Waals surface area contributed by atoms with Gasteiger partial charge in [-0.2, -0.15) is 0 Å². The van der Waals surface area contributed by atoms with E-state index in [-0.39, 0.29) is 11.9 Å². The Kier molecular flexibility index (Phi) is 4.19. The Morgan fingerprint density at radius 1 is 1.09 bits per heavy atom. The fraction of sp³-hybridized carbons (Fsp3) is 0.222. The minimum Gasteiger partial charge on any atom is -0.423 e. The average molecular weight is 295 g/mol. The zero-order chi connectivity index (χ0) is 15.4. The van der Waals surface area contributed by atoms with Crippen LogP contribution in [0.4, 0.5) is 0 Å². The topological polar surface area (TPSA) is 46.6 Å². The molecule has 0 bridgehead atoms. The molecular weight excluding hydrogens is 278 g/mol. The van der Waals surface area contributed by atoms with E-state index < -0.39 is 0 Å². The van der Waals surface area contributed by atoms with E-state index in [1.54, 1.807) is 24.3 Å². The molecule has 4 heteroatoms. The van der Waals surface area contributed by atoms with Crippen molar-refractivity contribution in [2.75, 3.05) is 6.54 Å². The summed E-state index contributed by atoms with van der Waals surface area (Å²) in [6, 6.07) is 16.2. The highest BCUT2D eigenvalue weighted by Gasteiger charge is 2.20. The van der Waals surface area contributed by atoms with Crippen molar-refractivity contribution >= 4 is 11.9 Å². The number of nitrogens with zero attached hydrogens (tertiary/aromatic N) is 1. The molecule has 0 saturated carbocycles. The fourth-order valence-corrected chi connectivity index (χ4v) is 2.54. The summed E-state index contributed by atoms with van der Waals surface area (Å²) in [6.07, 6.45) is 1.53. The molecule has 0 aromatic heterocycles. The van der Waals surface area contributed by atoms with Gasteiger partial charge in [-0.3, -0.25) is 4.79 Å². The molecule has 0 N–H and O–H groups in total. The van der Waals surface area contributed by atoms with Gasteiger partial charge in [0.25, 0.3) is 0 Å². The normalized spacial score (nSPS) is 14.2. The third kappa shape index (κ3) is 3.34. The maximum absolute atomic E-state index is 12.2. The molecule has 0 atom stereocenters. The van der Waals surface area contributed by atoms with Gasteiger partial charge in [0, 0.05) is 19.5 Å². The first-order chi connectivity index (χ1) is 10.7. The van der Waals surface area contributed by atoms with Gasteiger partial charge in [0.05, 0.1) is 5.56 Å². The average Bonchev–Trinajstić information content (AvgIpc) is 2.94. The third-order valence-electron chi connectivity index (χ3n) is 3.66. The van der Waals surface area contributed by atoms with Crippen LogP contribution in [0.3, 0.4) is 0 Å². The Hall–Kier alpha value is -2.62. The maximum Gasteiger partial charge on any atom is 0.343 e. The smallest absolute Gasteiger partial charge is 0.343 e. The van der Waals surface area contributed by atoms with Crippen molar-refractivity contribution < 1.29 is 14.3 Å². The molecule has 112 valence electrons. The first-order valence-corrected chi connectivity index (χ1v) is 7.36. The first kappa shape index (κ1) is 14.3. The molecule has 0 unspecified atom stereocenters. The van der Waals surface area contributed by atoms with E-state index >= 15 is 0 Å². The summed E-state index contributed by atoms with van der Waals surface area (Å²) < 4.78 is 5.33. The van der Waals surface area contributed by atoms with Crippen LogP contribution in [0.2, 0.25) is 0 Å². The van der Waals surface area contributed by atoms with Crippen LogP contribution in [0.25, 0.3) is 0 Å². The fourth-order valence-electron chi connectivity index (χ4n) is 2.54. The predicted molar refractivity (Wildman–Crippen MR) is 82.5 cm³/mol. The van der Waals surface area contributed by atoms with E-state index in [2.05, 4.69) is 0 Å². The predicted octanol–water partition coefficient (Wildman–Crippen LogP) is 3.03. The Bertz CT molecular complexity index is 682. The van der Waals surface area contributed by atoms with Crippen LogP contribution in [-0.4, -0.2) is 23.3 Å². The lowest BCUT2D eigenvalue weighted by Crippen LogP contribution is -2.24. The Balaban J connectivity index is 1.70. The van der Waals surface area contributed by atoms with E-state index in [4.69, 9.17) is 4.74 Å².